The normalized spacial score (nSPS) is 26.1. The second-order valence-electron chi connectivity index (χ2n) is 5.58. The first-order valence-corrected chi connectivity index (χ1v) is 7.27. The highest BCUT2D eigenvalue weighted by atomic mass is 16.2. The third-order valence-electron chi connectivity index (χ3n) is 4.16. The van der Waals surface area contributed by atoms with E-state index in [-0.39, 0.29) is 11.9 Å². The second kappa shape index (κ2) is 7.74. The molecule has 0 spiro atoms. The van der Waals surface area contributed by atoms with Gasteiger partial charge in [-0.25, -0.2) is 0 Å². The van der Waals surface area contributed by atoms with E-state index in [1.54, 1.807) is 0 Å². The van der Waals surface area contributed by atoms with Crippen molar-refractivity contribution in [2.45, 2.75) is 52.1 Å². The highest BCUT2D eigenvalue weighted by molar-refractivity contribution is 5.82. The van der Waals surface area contributed by atoms with Crippen LogP contribution >= 0.6 is 0 Å². The quantitative estimate of drug-likeness (QED) is 0.750. The van der Waals surface area contributed by atoms with Gasteiger partial charge in [0.05, 0.1) is 6.04 Å². The molecule has 3 unspecified atom stereocenters. The van der Waals surface area contributed by atoms with Crippen LogP contribution in [0.5, 0.6) is 0 Å². The van der Waals surface area contributed by atoms with E-state index >= 15 is 0 Å². The fraction of sp³-hybridized carbons (Fsp3) is 0.929. The van der Waals surface area contributed by atoms with Crippen LogP contribution in [0, 0.1) is 5.92 Å². The lowest BCUT2D eigenvalue weighted by atomic mass is 9.92. The molecule has 1 aliphatic rings. The Hall–Kier alpha value is -0.610. The molecule has 2 N–H and O–H groups in total. The molecule has 1 heterocycles. The Kier molecular flexibility index (Phi) is 6.65. The van der Waals surface area contributed by atoms with Crippen LogP contribution in [-0.4, -0.2) is 49.6 Å². The van der Waals surface area contributed by atoms with Gasteiger partial charge in [0, 0.05) is 19.1 Å². The van der Waals surface area contributed by atoms with E-state index in [0.29, 0.717) is 12.0 Å². The number of carbonyl (C=O) groups is 1. The Morgan fingerprint density at radius 1 is 1.56 bits per heavy atom. The van der Waals surface area contributed by atoms with Crippen molar-refractivity contribution in [1.29, 1.82) is 0 Å². The lowest BCUT2D eigenvalue weighted by Gasteiger charge is -2.29. The lowest BCUT2D eigenvalue weighted by Crippen LogP contribution is -2.52. The summed E-state index contributed by atoms with van der Waals surface area (Å²) in [6.07, 6.45) is 3.48. The molecule has 0 aromatic carbocycles. The maximum atomic E-state index is 12.0. The van der Waals surface area contributed by atoms with E-state index in [9.17, 15) is 4.79 Å². The summed E-state index contributed by atoms with van der Waals surface area (Å²) in [5.74, 6) is 0.616. The van der Waals surface area contributed by atoms with Crippen LogP contribution in [0.4, 0.5) is 0 Å². The molecule has 18 heavy (non-hydrogen) atoms. The Morgan fingerprint density at radius 2 is 2.28 bits per heavy atom. The van der Waals surface area contributed by atoms with Crippen molar-refractivity contribution in [2.75, 3.05) is 26.7 Å². The van der Waals surface area contributed by atoms with Crippen molar-refractivity contribution >= 4 is 5.91 Å². The van der Waals surface area contributed by atoms with Gasteiger partial charge < -0.3 is 15.5 Å². The van der Waals surface area contributed by atoms with E-state index < -0.39 is 0 Å². The number of nitrogens with zero attached hydrogens (tertiary/aromatic N) is 1. The Morgan fingerprint density at radius 3 is 2.89 bits per heavy atom. The van der Waals surface area contributed by atoms with Crippen LogP contribution in [0.25, 0.3) is 0 Å². The van der Waals surface area contributed by atoms with Crippen molar-refractivity contribution in [3.63, 3.8) is 0 Å². The number of hydrogen-bond donors (Lipinski definition) is 2. The number of piperidine rings is 1. The maximum absolute atomic E-state index is 12.0. The summed E-state index contributed by atoms with van der Waals surface area (Å²) in [5.41, 5.74) is 0. The molecule has 0 aromatic rings. The second-order valence-corrected chi connectivity index (χ2v) is 5.58. The van der Waals surface area contributed by atoms with Crippen molar-refractivity contribution in [3.05, 3.63) is 0 Å². The number of likely N-dealkylation sites (N-methyl/N-ethyl adjacent to an activating group) is 1. The van der Waals surface area contributed by atoms with Crippen LogP contribution in [-0.2, 0) is 4.79 Å². The summed E-state index contributed by atoms with van der Waals surface area (Å²) in [7, 11) is 2.11. The van der Waals surface area contributed by atoms with Crippen molar-refractivity contribution in [1.82, 2.24) is 15.5 Å². The molecule has 1 rings (SSSR count). The van der Waals surface area contributed by atoms with E-state index in [1.807, 2.05) is 0 Å². The molecule has 1 aliphatic heterocycles. The van der Waals surface area contributed by atoms with Gasteiger partial charge in [-0.05, 0) is 45.7 Å². The average Bonchev–Trinajstić information content (AvgIpc) is 2.37. The van der Waals surface area contributed by atoms with Gasteiger partial charge in [0.2, 0.25) is 5.91 Å². The summed E-state index contributed by atoms with van der Waals surface area (Å²) < 4.78 is 0. The number of rotatable bonds is 6. The minimum atomic E-state index is 0.00709. The third-order valence-corrected chi connectivity index (χ3v) is 4.16. The smallest absolute Gasteiger partial charge is 0.237 e. The minimum absolute atomic E-state index is 0.00709. The van der Waals surface area contributed by atoms with Crippen LogP contribution in [0.1, 0.15) is 40.0 Å². The summed E-state index contributed by atoms with van der Waals surface area (Å²) in [6.45, 7) is 9.18. The first-order valence-electron chi connectivity index (χ1n) is 7.27. The van der Waals surface area contributed by atoms with Gasteiger partial charge >= 0.3 is 0 Å². The Balaban J connectivity index is 2.24. The molecule has 1 fully saturated rings. The molecule has 4 heteroatoms. The summed E-state index contributed by atoms with van der Waals surface area (Å²) in [4.78, 5) is 14.3. The molecule has 1 saturated heterocycles. The number of carbonyl (C=O) groups excluding carboxylic acids is 1. The summed E-state index contributed by atoms with van der Waals surface area (Å²) >= 11 is 0. The highest BCUT2D eigenvalue weighted by Gasteiger charge is 2.26. The van der Waals surface area contributed by atoms with Crippen molar-refractivity contribution in [2.24, 2.45) is 5.92 Å². The van der Waals surface area contributed by atoms with Crippen LogP contribution in [0.3, 0.4) is 0 Å². The van der Waals surface area contributed by atoms with Gasteiger partial charge in [-0.1, -0.05) is 13.8 Å². The van der Waals surface area contributed by atoms with Gasteiger partial charge in [0.25, 0.3) is 0 Å². The maximum Gasteiger partial charge on any atom is 0.237 e. The molecule has 106 valence electrons. The molecule has 0 radical (unpaired) electrons. The Bertz CT molecular complexity index is 257. The van der Waals surface area contributed by atoms with Gasteiger partial charge in [-0.3, -0.25) is 4.79 Å². The fourth-order valence-electron chi connectivity index (χ4n) is 2.40. The molecule has 0 saturated carbocycles. The molecular formula is C14H29N3O. The first kappa shape index (κ1) is 15.4. The predicted molar refractivity (Wildman–Crippen MR) is 75.6 cm³/mol. The zero-order chi connectivity index (χ0) is 13.5. The van der Waals surface area contributed by atoms with Crippen molar-refractivity contribution < 1.29 is 4.79 Å². The van der Waals surface area contributed by atoms with E-state index in [4.69, 9.17) is 0 Å². The third kappa shape index (κ3) is 4.58. The van der Waals surface area contributed by atoms with Crippen molar-refractivity contribution in [3.8, 4) is 0 Å². The van der Waals surface area contributed by atoms with E-state index in [1.165, 1.54) is 6.42 Å². The zero-order valence-corrected chi connectivity index (χ0v) is 12.3. The van der Waals surface area contributed by atoms with Gasteiger partial charge in [-0.2, -0.15) is 0 Å². The number of hydrogen-bond acceptors (Lipinski definition) is 3. The van der Waals surface area contributed by atoms with E-state index in [0.717, 1.165) is 32.5 Å². The van der Waals surface area contributed by atoms with Gasteiger partial charge in [0.1, 0.15) is 0 Å². The number of nitrogens with one attached hydrogen (secondary N) is 2. The van der Waals surface area contributed by atoms with Gasteiger partial charge in [-0.15, -0.1) is 0 Å². The topological polar surface area (TPSA) is 44.4 Å². The largest absolute Gasteiger partial charge is 0.353 e. The zero-order valence-electron chi connectivity index (χ0n) is 12.3. The SMILES string of the molecule is CCC(C)N(C)CCNC(=O)C1NCCCC1C. The first-order chi connectivity index (χ1) is 8.56. The molecule has 4 nitrogen and oxygen atoms in total. The van der Waals surface area contributed by atoms with Gasteiger partial charge in [0.15, 0.2) is 0 Å². The molecule has 3 atom stereocenters. The highest BCUT2D eigenvalue weighted by Crippen LogP contribution is 2.15. The molecule has 0 aromatic heterocycles. The molecule has 0 bridgehead atoms. The average molecular weight is 255 g/mol. The molecular weight excluding hydrogens is 226 g/mol. The van der Waals surface area contributed by atoms with Crippen LogP contribution < -0.4 is 10.6 Å². The fourth-order valence-corrected chi connectivity index (χ4v) is 2.40. The van der Waals surface area contributed by atoms with E-state index in [2.05, 4.69) is 43.4 Å². The summed E-state index contributed by atoms with van der Waals surface area (Å²) in [6, 6.07) is 0.585. The van der Waals surface area contributed by atoms with Crippen LogP contribution in [0.2, 0.25) is 0 Å². The summed E-state index contributed by atoms with van der Waals surface area (Å²) in [5, 5.41) is 6.36. The number of amides is 1. The Labute approximate surface area is 111 Å². The standard InChI is InChI=1S/C14H29N3O/c1-5-12(3)17(4)10-9-16-14(18)13-11(2)7-6-8-15-13/h11-13,15H,5-10H2,1-4H3,(H,16,18). The molecule has 0 aliphatic carbocycles. The predicted octanol–water partition coefficient (Wildman–Crippen LogP) is 1.22. The van der Waals surface area contributed by atoms with Crippen LogP contribution in [0.15, 0.2) is 0 Å². The monoisotopic (exact) mass is 255 g/mol. The lowest BCUT2D eigenvalue weighted by molar-refractivity contribution is -0.124. The minimum Gasteiger partial charge on any atom is -0.353 e. The molecule has 1 amide bonds.